The summed E-state index contributed by atoms with van der Waals surface area (Å²) in [6, 6.07) is 8.71. The second-order valence-electron chi connectivity index (χ2n) is 5.46. The van der Waals surface area contributed by atoms with Crippen LogP contribution < -0.4 is 0 Å². The summed E-state index contributed by atoms with van der Waals surface area (Å²) in [6.07, 6.45) is 3.83. The van der Waals surface area contributed by atoms with E-state index in [0.29, 0.717) is 13.0 Å². The number of amides is 1. The average Bonchev–Trinajstić information content (AvgIpc) is 3.14. The standard InChI is InChI=1S/C17H17N3O3/c1-11(21)14-15(12-5-3-2-4-6-12)20(17(23)16(14)22)8-7-13-9-18-10-19-13/h2-6,9-10,15,22H,7-8H2,1H3,(H,18,19)/t15-/m1/s1. The van der Waals surface area contributed by atoms with Crippen LogP contribution in [0.4, 0.5) is 0 Å². The fourth-order valence-corrected chi connectivity index (χ4v) is 2.89. The number of hydrogen-bond acceptors (Lipinski definition) is 4. The Balaban J connectivity index is 1.93. The third-order valence-electron chi connectivity index (χ3n) is 3.98. The maximum Gasteiger partial charge on any atom is 0.290 e. The largest absolute Gasteiger partial charge is 0.503 e. The maximum atomic E-state index is 12.4. The molecule has 2 aromatic rings. The molecule has 6 heteroatoms. The van der Waals surface area contributed by atoms with Crippen molar-refractivity contribution in [2.24, 2.45) is 0 Å². The van der Waals surface area contributed by atoms with E-state index >= 15 is 0 Å². The lowest BCUT2D eigenvalue weighted by molar-refractivity contribution is -0.129. The zero-order valence-electron chi connectivity index (χ0n) is 12.7. The Bertz CT molecular complexity index is 751. The molecule has 1 aliphatic heterocycles. The predicted molar refractivity (Wildman–Crippen MR) is 83.5 cm³/mol. The summed E-state index contributed by atoms with van der Waals surface area (Å²) in [5.74, 6) is -1.26. The molecule has 23 heavy (non-hydrogen) atoms. The van der Waals surface area contributed by atoms with Gasteiger partial charge >= 0.3 is 0 Å². The molecule has 0 bridgehead atoms. The Morgan fingerprint density at radius 1 is 1.35 bits per heavy atom. The summed E-state index contributed by atoms with van der Waals surface area (Å²) >= 11 is 0. The van der Waals surface area contributed by atoms with Gasteiger partial charge in [0.1, 0.15) is 0 Å². The normalized spacial score (nSPS) is 17.9. The molecular weight excluding hydrogens is 294 g/mol. The number of aliphatic hydroxyl groups is 1. The van der Waals surface area contributed by atoms with Crippen LogP contribution in [-0.2, 0) is 16.0 Å². The Kier molecular flexibility index (Phi) is 3.97. The minimum Gasteiger partial charge on any atom is -0.503 e. The zero-order valence-corrected chi connectivity index (χ0v) is 12.7. The van der Waals surface area contributed by atoms with Crippen LogP contribution in [0.2, 0.25) is 0 Å². The van der Waals surface area contributed by atoms with Crippen molar-refractivity contribution in [3.63, 3.8) is 0 Å². The van der Waals surface area contributed by atoms with Gasteiger partial charge in [-0.05, 0) is 12.5 Å². The molecule has 0 unspecified atom stereocenters. The number of ketones is 1. The van der Waals surface area contributed by atoms with E-state index in [1.54, 1.807) is 12.5 Å². The van der Waals surface area contributed by atoms with E-state index in [4.69, 9.17) is 0 Å². The van der Waals surface area contributed by atoms with Crippen LogP contribution in [0.15, 0.2) is 54.2 Å². The molecule has 1 aromatic heterocycles. The summed E-state index contributed by atoms with van der Waals surface area (Å²) in [7, 11) is 0. The van der Waals surface area contributed by atoms with Gasteiger partial charge in [-0.1, -0.05) is 30.3 Å². The molecule has 3 rings (SSSR count). The number of imidazole rings is 1. The van der Waals surface area contributed by atoms with Gasteiger partial charge in [0, 0.05) is 24.9 Å². The summed E-state index contributed by atoms with van der Waals surface area (Å²) in [5, 5.41) is 10.1. The van der Waals surface area contributed by atoms with Gasteiger partial charge in [0.25, 0.3) is 5.91 Å². The Morgan fingerprint density at radius 3 is 2.70 bits per heavy atom. The van der Waals surface area contributed by atoms with E-state index < -0.39 is 17.7 Å². The number of nitrogens with zero attached hydrogens (tertiary/aromatic N) is 2. The number of rotatable bonds is 5. The maximum absolute atomic E-state index is 12.4. The molecular formula is C17H17N3O3. The monoisotopic (exact) mass is 311 g/mol. The zero-order chi connectivity index (χ0) is 16.4. The highest BCUT2D eigenvalue weighted by atomic mass is 16.3. The van der Waals surface area contributed by atoms with E-state index in [9.17, 15) is 14.7 Å². The SMILES string of the molecule is CC(=O)C1=C(O)C(=O)N(CCc2cnc[nH]2)[C@@H]1c1ccccc1. The van der Waals surface area contributed by atoms with Gasteiger partial charge in [-0.3, -0.25) is 9.59 Å². The number of H-pyrrole nitrogens is 1. The molecule has 2 heterocycles. The van der Waals surface area contributed by atoms with Crippen LogP contribution in [0.25, 0.3) is 0 Å². The van der Waals surface area contributed by atoms with E-state index in [1.165, 1.54) is 11.8 Å². The highest BCUT2D eigenvalue weighted by molar-refractivity contribution is 6.08. The summed E-state index contributed by atoms with van der Waals surface area (Å²) in [4.78, 5) is 32.8. The van der Waals surface area contributed by atoms with Gasteiger partial charge < -0.3 is 15.0 Å². The van der Waals surface area contributed by atoms with Crippen molar-refractivity contribution in [3.05, 3.63) is 65.4 Å². The topological polar surface area (TPSA) is 86.3 Å². The molecule has 0 spiro atoms. The molecule has 1 amide bonds. The van der Waals surface area contributed by atoms with E-state index in [-0.39, 0.29) is 11.4 Å². The van der Waals surface area contributed by atoms with E-state index in [0.717, 1.165) is 11.3 Å². The molecule has 0 radical (unpaired) electrons. The molecule has 1 aliphatic rings. The first kappa shape index (κ1) is 15.0. The van der Waals surface area contributed by atoms with Crippen molar-refractivity contribution in [1.82, 2.24) is 14.9 Å². The fourth-order valence-electron chi connectivity index (χ4n) is 2.89. The second kappa shape index (κ2) is 6.08. The van der Waals surface area contributed by atoms with E-state index in [1.807, 2.05) is 30.3 Å². The third kappa shape index (κ3) is 2.75. The van der Waals surface area contributed by atoms with Crippen molar-refractivity contribution >= 4 is 11.7 Å². The number of aromatic amines is 1. The van der Waals surface area contributed by atoms with Crippen LogP contribution >= 0.6 is 0 Å². The third-order valence-corrected chi connectivity index (χ3v) is 3.98. The van der Waals surface area contributed by atoms with Crippen molar-refractivity contribution in [1.29, 1.82) is 0 Å². The molecule has 0 saturated carbocycles. The highest BCUT2D eigenvalue weighted by Gasteiger charge is 2.41. The van der Waals surface area contributed by atoms with Crippen LogP contribution in [0.3, 0.4) is 0 Å². The smallest absolute Gasteiger partial charge is 0.290 e. The van der Waals surface area contributed by atoms with Crippen molar-refractivity contribution in [2.45, 2.75) is 19.4 Å². The van der Waals surface area contributed by atoms with Crippen LogP contribution in [-0.4, -0.2) is 38.2 Å². The molecule has 118 valence electrons. The number of nitrogens with one attached hydrogen (secondary N) is 1. The van der Waals surface area contributed by atoms with Gasteiger partial charge in [0.2, 0.25) is 0 Å². The van der Waals surface area contributed by atoms with Crippen LogP contribution in [0, 0.1) is 0 Å². The first-order chi connectivity index (χ1) is 11.1. The average molecular weight is 311 g/mol. The lowest BCUT2D eigenvalue weighted by Crippen LogP contribution is -2.33. The predicted octanol–water partition coefficient (Wildman–Crippen LogP) is 1.94. The quantitative estimate of drug-likeness (QED) is 0.883. The van der Waals surface area contributed by atoms with Gasteiger partial charge in [-0.2, -0.15) is 0 Å². The lowest BCUT2D eigenvalue weighted by Gasteiger charge is -2.26. The Hall–Kier alpha value is -2.89. The summed E-state index contributed by atoms with van der Waals surface area (Å²) < 4.78 is 0. The first-order valence-electron chi connectivity index (χ1n) is 7.37. The van der Waals surface area contributed by atoms with Crippen molar-refractivity contribution < 1.29 is 14.7 Å². The van der Waals surface area contributed by atoms with Crippen molar-refractivity contribution in [3.8, 4) is 0 Å². The minimum absolute atomic E-state index is 0.158. The molecule has 1 atom stereocenters. The number of aromatic nitrogens is 2. The minimum atomic E-state index is -0.552. The molecule has 0 fully saturated rings. The number of benzene rings is 1. The summed E-state index contributed by atoms with van der Waals surface area (Å²) in [5.41, 5.74) is 1.85. The van der Waals surface area contributed by atoms with E-state index in [2.05, 4.69) is 9.97 Å². The molecule has 2 N–H and O–H groups in total. The molecule has 0 saturated heterocycles. The fraction of sp³-hybridized carbons (Fsp3) is 0.235. The number of aliphatic hydroxyl groups excluding tert-OH is 1. The second-order valence-corrected chi connectivity index (χ2v) is 5.46. The molecule has 1 aromatic carbocycles. The molecule has 6 nitrogen and oxygen atoms in total. The van der Waals surface area contributed by atoms with Crippen molar-refractivity contribution in [2.75, 3.05) is 6.54 Å². The highest BCUT2D eigenvalue weighted by Crippen LogP contribution is 2.37. The molecule has 0 aliphatic carbocycles. The van der Waals surface area contributed by atoms with Gasteiger partial charge in [0.15, 0.2) is 11.5 Å². The first-order valence-corrected chi connectivity index (χ1v) is 7.37. The Morgan fingerprint density at radius 2 is 2.09 bits per heavy atom. The van der Waals surface area contributed by atoms with Crippen LogP contribution in [0.5, 0.6) is 0 Å². The van der Waals surface area contributed by atoms with Crippen LogP contribution in [0.1, 0.15) is 24.2 Å². The van der Waals surface area contributed by atoms with Gasteiger partial charge in [0.05, 0.1) is 17.9 Å². The number of hydrogen-bond donors (Lipinski definition) is 2. The summed E-state index contributed by atoms with van der Waals surface area (Å²) in [6.45, 7) is 1.74. The number of carbonyl (C=O) groups is 2. The number of Topliss-reactive ketones (excluding diaryl/α,β-unsaturated/α-hetero) is 1. The Labute approximate surface area is 133 Å². The lowest BCUT2D eigenvalue weighted by atomic mass is 9.97. The van der Waals surface area contributed by atoms with Gasteiger partial charge in [-0.15, -0.1) is 0 Å². The number of carbonyl (C=O) groups excluding carboxylic acids is 2. The van der Waals surface area contributed by atoms with Gasteiger partial charge in [-0.25, -0.2) is 4.98 Å².